The second-order valence-electron chi connectivity index (χ2n) is 5.92. The van der Waals surface area contributed by atoms with Gasteiger partial charge in [-0.15, -0.1) is 0 Å². The molecule has 26 heavy (non-hydrogen) atoms. The Hall–Kier alpha value is -1.24. The fourth-order valence-electron chi connectivity index (χ4n) is 3.13. The van der Waals surface area contributed by atoms with Crippen molar-refractivity contribution in [2.24, 2.45) is 0 Å². The molecule has 2 aromatic carbocycles. The summed E-state index contributed by atoms with van der Waals surface area (Å²) in [5.74, 6) is 0. The van der Waals surface area contributed by atoms with E-state index in [1.54, 1.807) is 12.4 Å². The highest BCUT2D eigenvalue weighted by Gasteiger charge is 2.60. The summed E-state index contributed by atoms with van der Waals surface area (Å²) in [6.45, 7) is 0.522. The number of hydrogen-bond donors (Lipinski definition) is 0. The number of thioether (sulfide) groups is 1. The number of rotatable bonds is 5. The topological polar surface area (TPSA) is 43.2 Å². The van der Waals surface area contributed by atoms with Crippen LogP contribution in [0.15, 0.2) is 53.9 Å². The van der Waals surface area contributed by atoms with Crippen LogP contribution in [0.25, 0.3) is 0 Å². The van der Waals surface area contributed by atoms with E-state index in [9.17, 15) is 0 Å². The fourth-order valence-corrected chi connectivity index (χ4v) is 4.24. The van der Waals surface area contributed by atoms with E-state index in [0.29, 0.717) is 21.6 Å². The second kappa shape index (κ2) is 7.06. The molecule has 1 aromatic heterocycles. The lowest BCUT2D eigenvalue weighted by Gasteiger charge is -2.15. The zero-order valence-corrected chi connectivity index (χ0v) is 16.8. The van der Waals surface area contributed by atoms with Crippen molar-refractivity contribution >= 4 is 46.6 Å². The molecule has 134 valence electrons. The second-order valence-corrected chi connectivity index (χ2v) is 7.86. The monoisotopic (exact) mass is 425 g/mol. The molecular weight excluding hydrogens is 413 g/mol. The molecule has 0 radical (unpaired) electrons. The number of aromatic nitrogens is 3. The van der Waals surface area contributed by atoms with Gasteiger partial charge in [0.25, 0.3) is 0 Å². The van der Waals surface area contributed by atoms with Gasteiger partial charge < -0.3 is 4.74 Å². The third-order valence-electron chi connectivity index (χ3n) is 4.45. The van der Waals surface area contributed by atoms with Gasteiger partial charge in [-0.05, 0) is 17.9 Å². The summed E-state index contributed by atoms with van der Waals surface area (Å²) < 4.78 is 8.09. The Morgan fingerprint density at radius 1 is 1.12 bits per heavy atom. The van der Waals surface area contributed by atoms with Crippen molar-refractivity contribution < 1.29 is 4.74 Å². The molecule has 4 nitrogen and oxygen atoms in total. The predicted octanol–water partition coefficient (Wildman–Crippen LogP) is 5.63. The maximum Gasteiger partial charge on any atom is 0.185 e. The smallest absolute Gasteiger partial charge is 0.185 e. The van der Waals surface area contributed by atoms with E-state index >= 15 is 0 Å². The zero-order chi connectivity index (χ0) is 18.3. The number of ether oxygens (including phenoxy) is 1. The molecule has 0 saturated carbocycles. The molecule has 0 bridgehead atoms. The first-order valence-corrected chi connectivity index (χ1v) is 10.2. The summed E-state index contributed by atoms with van der Waals surface area (Å²) in [5.41, 5.74) is 1.28. The third-order valence-corrected chi connectivity index (χ3v) is 6.44. The lowest BCUT2D eigenvalue weighted by Crippen LogP contribution is -2.20. The fraction of sp³-hybridized carbons (Fsp3) is 0.222. The van der Waals surface area contributed by atoms with E-state index < -0.39 is 5.60 Å². The van der Waals surface area contributed by atoms with Crippen LogP contribution in [-0.2, 0) is 16.9 Å². The number of benzene rings is 2. The summed E-state index contributed by atoms with van der Waals surface area (Å²) in [6.07, 6.45) is 3.27. The van der Waals surface area contributed by atoms with Crippen molar-refractivity contribution in [1.29, 1.82) is 0 Å². The van der Waals surface area contributed by atoms with Gasteiger partial charge in [0.05, 0.1) is 21.6 Å². The first kappa shape index (κ1) is 18.1. The molecule has 1 aliphatic heterocycles. The van der Waals surface area contributed by atoms with Gasteiger partial charge in [-0.3, -0.25) is 0 Å². The number of epoxide rings is 1. The van der Waals surface area contributed by atoms with Crippen LogP contribution in [0.3, 0.4) is 0 Å². The summed E-state index contributed by atoms with van der Waals surface area (Å²) in [4.78, 5) is 4.28. The van der Waals surface area contributed by atoms with Crippen LogP contribution in [0.2, 0.25) is 15.1 Å². The van der Waals surface area contributed by atoms with E-state index in [4.69, 9.17) is 39.5 Å². The number of nitrogens with zero attached hydrogens (tertiary/aromatic N) is 3. The molecule has 4 rings (SSSR count). The Kier molecular flexibility index (Phi) is 4.92. The van der Waals surface area contributed by atoms with Crippen molar-refractivity contribution in [3.63, 3.8) is 0 Å². The van der Waals surface area contributed by atoms with Gasteiger partial charge in [0.15, 0.2) is 5.16 Å². The van der Waals surface area contributed by atoms with Gasteiger partial charge in [-0.2, -0.15) is 5.10 Å². The molecule has 1 saturated heterocycles. The van der Waals surface area contributed by atoms with Crippen LogP contribution < -0.4 is 0 Å². The molecule has 0 unspecified atom stereocenters. The summed E-state index contributed by atoms with van der Waals surface area (Å²) in [5, 5.41) is 6.36. The van der Waals surface area contributed by atoms with Crippen LogP contribution >= 0.6 is 46.6 Å². The highest BCUT2D eigenvalue weighted by molar-refractivity contribution is 7.98. The van der Waals surface area contributed by atoms with Gasteiger partial charge in [-0.1, -0.05) is 83.0 Å². The van der Waals surface area contributed by atoms with E-state index in [0.717, 1.165) is 16.3 Å². The van der Waals surface area contributed by atoms with Crippen molar-refractivity contribution in [2.45, 2.75) is 23.4 Å². The molecule has 0 aliphatic carbocycles. The third kappa shape index (κ3) is 3.02. The minimum Gasteiger partial charge on any atom is -0.354 e. The Morgan fingerprint density at radius 2 is 1.88 bits per heavy atom. The maximum atomic E-state index is 6.45. The van der Waals surface area contributed by atoms with Gasteiger partial charge >= 0.3 is 0 Å². The quantitative estimate of drug-likeness (QED) is 0.301. The minimum absolute atomic E-state index is 0.244. The SMILES string of the molecule is CSc1ncnn1C[C@]1(c2ccccc2)O[C@@H]1c1ccc(Cl)c(Cl)c1Cl. The van der Waals surface area contributed by atoms with Crippen LogP contribution in [0.5, 0.6) is 0 Å². The average molecular weight is 427 g/mol. The van der Waals surface area contributed by atoms with Crippen LogP contribution in [0.1, 0.15) is 17.2 Å². The Morgan fingerprint density at radius 3 is 2.62 bits per heavy atom. The summed E-state index contributed by atoms with van der Waals surface area (Å²) in [7, 11) is 0. The van der Waals surface area contributed by atoms with E-state index in [1.807, 2.05) is 47.3 Å². The van der Waals surface area contributed by atoms with Crippen molar-refractivity contribution in [3.05, 3.63) is 75.0 Å². The maximum absolute atomic E-state index is 6.45. The molecule has 1 fully saturated rings. The van der Waals surface area contributed by atoms with Gasteiger partial charge in [0.1, 0.15) is 18.0 Å². The molecule has 1 aliphatic rings. The van der Waals surface area contributed by atoms with Gasteiger partial charge in [-0.25, -0.2) is 9.67 Å². The van der Waals surface area contributed by atoms with E-state index in [1.165, 1.54) is 11.8 Å². The lowest BCUT2D eigenvalue weighted by molar-refractivity contribution is 0.256. The molecule has 0 N–H and O–H groups in total. The Balaban J connectivity index is 1.77. The summed E-state index contributed by atoms with van der Waals surface area (Å²) in [6, 6.07) is 13.6. The summed E-state index contributed by atoms with van der Waals surface area (Å²) >= 11 is 20.3. The van der Waals surface area contributed by atoms with Crippen molar-refractivity contribution in [3.8, 4) is 0 Å². The molecule has 0 spiro atoms. The largest absolute Gasteiger partial charge is 0.354 e. The van der Waals surface area contributed by atoms with E-state index in [-0.39, 0.29) is 6.10 Å². The minimum atomic E-state index is -0.583. The number of hydrogen-bond acceptors (Lipinski definition) is 4. The molecule has 0 amide bonds. The molecule has 3 aromatic rings. The molecular formula is C18H14Cl3N3OS. The molecule has 8 heteroatoms. The zero-order valence-electron chi connectivity index (χ0n) is 13.7. The van der Waals surface area contributed by atoms with Crippen LogP contribution in [-0.4, -0.2) is 21.0 Å². The predicted molar refractivity (Wildman–Crippen MR) is 105 cm³/mol. The highest BCUT2D eigenvalue weighted by Crippen LogP contribution is 2.60. The standard InChI is InChI=1S/C18H14Cl3N3OS/c1-26-17-22-10-23-24(17)9-18(11-5-3-2-4-6-11)16(25-18)12-7-8-13(19)15(21)14(12)20/h2-8,10,16H,9H2,1H3/t16-,18-/m1/s1. The van der Waals surface area contributed by atoms with Gasteiger partial charge in [0.2, 0.25) is 0 Å². The normalized spacial score (nSPS) is 21.8. The lowest BCUT2D eigenvalue weighted by atomic mass is 9.91. The Labute approximate surface area is 170 Å². The van der Waals surface area contributed by atoms with Crippen LogP contribution in [0, 0.1) is 0 Å². The Bertz CT molecular complexity index is 950. The molecule has 2 heterocycles. The number of halogens is 3. The molecule has 2 atom stereocenters. The first-order chi connectivity index (χ1) is 12.6. The highest BCUT2D eigenvalue weighted by atomic mass is 35.5. The first-order valence-electron chi connectivity index (χ1n) is 7.85. The van der Waals surface area contributed by atoms with E-state index in [2.05, 4.69) is 10.1 Å². The van der Waals surface area contributed by atoms with Gasteiger partial charge in [0, 0.05) is 5.56 Å². The van der Waals surface area contributed by atoms with Crippen LogP contribution in [0.4, 0.5) is 0 Å². The van der Waals surface area contributed by atoms with Crippen molar-refractivity contribution in [2.75, 3.05) is 6.26 Å². The van der Waals surface area contributed by atoms with Crippen molar-refractivity contribution in [1.82, 2.24) is 14.8 Å². The average Bonchev–Trinajstić information content (AvgIpc) is 3.20.